The van der Waals surface area contributed by atoms with Gasteiger partial charge in [0.05, 0.1) is 13.2 Å². The Kier molecular flexibility index (Phi) is 5.41. The lowest BCUT2D eigenvalue weighted by molar-refractivity contribution is -0.122. The fourth-order valence-electron chi connectivity index (χ4n) is 4.10. The number of carbonyl (C=O) groups is 3. The maximum absolute atomic E-state index is 13.0. The Morgan fingerprint density at radius 3 is 2.32 bits per heavy atom. The summed E-state index contributed by atoms with van der Waals surface area (Å²) >= 11 is 0. The first kappa shape index (κ1) is 20.5. The third-order valence-electron chi connectivity index (χ3n) is 5.75. The Morgan fingerprint density at radius 1 is 1.03 bits per heavy atom. The smallest absolute Gasteiger partial charge is 0.323 e. The molecule has 4 rings (SSSR count). The number of urea groups is 2. The highest BCUT2D eigenvalue weighted by molar-refractivity contribution is 5.89. The monoisotopic (exact) mass is 423 g/mol. The second kappa shape index (κ2) is 8.17. The van der Waals surface area contributed by atoms with Gasteiger partial charge in [0, 0.05) is 14.1 Å². The van der Waals surface area contributed by atoms with E-state index in [4.69, 9.17) is 4.74 Å². The number of rotatable bonds is 6. The summed E-state index contributed by atoms with van der Waals surface area (Å²) in [6, 6.07) is 16.1. The number of amides is 5. The summed E-state index contributed by atoms with van der Waals surface area (Å²) in [4.78, 5) is 42.0. The van der Waals surface area contributed by atoms with Gasteiger partial charge >= 0.3 is 12.1 Å². The van der Waals surface area contributed by atoms with E-state index in [0.29, 0.717) is 0 Å². The number of likely N-dealkylation sites (N-methyl/N-ethyl adjacent to an activating group) is 2. The molecule has 2 heterocycles. The average molecular weight is 423 g/mol. The number of ether oxygens (including phenoxy) is 1. The Balaban J connectivity index is 1.54. The van der Waals surface area contributed by atoms with Crippen LogP contribution in [0.2, 0.25) is 0 Å². The van der Waals surface area contributed by atoms with E-state index in [9.17, 15) is 14.4 Å². The molecule has 2 aromatic rings. The number of benzene rings is 2. The minimum atomic E-state index is -0.535. The molecular formula is C22H25N5O4. The van der Waals surface area contributed by atoms with Crippen molar-refractivity contribution in [2.24, 2.45) is 0 Å². The molecule has 2 aliphatic heterocycles. The molecule has 0 aliphatic carbocycles. The number of nitrogens with zero attached hydrogens (tertiary/aromatic N) is 3. The molecule has 0 saturated carbocycles. The van der Waals surface area contributed by atoms with Gasteiger partial charge in [0.25, 0.3) is 0 Å². The first-order valence-corrected chi connectivity index (χ1v) is 9.95. The Bertz CT molecular complexity index is 981. The molecule has 3 atom stereocenters. The van der Waals surface area contributed by atoms with Gasteiger partial charge in [0.1, 0.15) is 24.6 Å². The van der Waals surface area contributed by atoms with Gasteiger partial charge in [-0.2, -0.15) is 0 Å². The van der Waals surface area contributed by atoms with Gasteiger partial charge in [0.2, 0.25) is 5.91 Å². The molecule has 162 valence electrons. The molecule has 2 saturated heterocycles. The first-order chi connectivity index (χ1) is 14.9. The quantitative estimate of drug-likeness (QED) is 0.738. The average Bonchev–Trinajstić information content (AvgIpc) is 3.22. The number of nitrogens with one attached hydrogen (secondary N) is 2. The minimum Gasteiger partial charge on any atom is -0.497 e. The first-order valence-electron chi connectivity index (χ1n) is 9.95. The summed E-state index contributed by atoms with van der Waals surface area (Å²) < 4.78 is 5.23. The summed E-state index contributed by atoms with van der Waals surface area (Å²) in [6.45, 7) is -0.169. The maximum atomic E-state index is 13.0. The third kappa shape index (κ3) is 3.74. The van der Waals surface area contributed by atoms with Gasteiger partial charge in [-0.15, -0.1) is 0 Å². The number of fused-ring (bicyclic) bond motifs is 1. The van der Waals surface area contributed by atoms with E-state index in [0.717, 1.165) is 16.9 Å². The largest absolute Gasteiger partial charge is 0.497 e. The van der Waals surface area contributed by atoms with Crippen LogP contribution < -0.4 is 15.4 Å². The molecule has 9 nitrogen and oxygen atoms in total. The lowest BCUT2D eigenvalue weighted by atomic mass is 9.98. The summed E-state index contributed by atoms with van der Waals surface area (Å²) in [7, 11) is 4.85. The predicted octanol–water partition coefficient (Wildman–Crippen LogP) is 1.58. The van der Waals surface area contributed by atoms with Crippen LogP contribution in [0.25, 0.3) is 0 Å². The summed E-state index contributed by atoms with van der Waals surface area (Å²) in [5.74, 6) is 0.399. The van der Waals surface area contributed by atoms with Crippen LogP contribution in [0.15, 0.2) is 54.6 Å². The molecule has 0 aromatic heterocycles. The van der Waals surface area contributed by atoms with Crippen LogP contribution in [-0.2, 0) is 4.79 Å². The maximum Gasteiger partial charge on any atom is 0.323 e. The topological polar surface area (TPSA) is 94.2 Å². The molecule has 2 aromatic carbocycles. The Labute approximate surface area is 180 Å². The molecule has 31 heavy (non-hydrogen) atoms. The van der Waals surface area contributed by atoms with E-state index < -0.39 is 18.4 Å². The van der Waals surface area contributed by atoms with E-state index in [1.807, 2.05) is 54.6 Å². The van der Waals surface area contributed by atoms with Gasteiger partial charge in [0.15, 0.2) is 0 Å². The van der Waals surface area contributed by atoms with Crippen LogP contribution in [0.4, 0.5) is 9.59 Å². The van der Waals surface area contributed by atoms with E-state index in [-0.39, 0.29) is 24.5 Å². The number of carbonyl (C=O) groups excluding carboxylic acids is 3. The summed E-state index contributed by atoms with van der Waals surface area (Å²) in [5.41, 5.74) is 1.80. The highest BCUT2D eigenvalue weighted by Gasteiger charge is 2.52. The van der Waals surface area contributed by atoms with Crippen molar-refractivity contribution in [3.8, 4) is 5.75 Å². The second-order valence-electron chi connectivity index (χ2n) is 7.62. The highest BCUT2D eigenvalue weighted by Crippen LogP contribution is 2.27. The Hall–Kier alpha value is -3.75. The molecule has 2 N–H and O–H groups in total. The lowest BCUT2D eigenvalue weighted by Gasteiger charge is -2.27. The molecular weight excluding hydrogens is 398 g/mol. The van der Waals surface area contributed by atoms with Gasteiger partial charge in [-0.3, -0.25) is 9.69 Å². The molecule has 2 fully saturated rings. The van der Waals surface area contributed by atoms with Crippen molar-refractivity contribution < 1.29 is 19.1 Å². The van der Waals surface area contributed by atoms with Crippen LogP contribution in [0.1, 0.15) is 17.2 Å². The zero-order valence-corrected chi connectivity index (χ0v) is 17.6. The zero-order chi connectivity index (χ0) is 22.1. The van der Waals surface area contributed by atoms with E-state index >= 15 is 0 Å². The van der Waals surface area contributed by atoms with Crippen molar-refractivity contribution in [2.45, 2.75) is 18.4 Å². The predicted molar refractivity (Wildman–Crippen MR) is 113 cm³/mol. The van der Waals surface area contributed by atoms with Gasteiger partial charge in [-0.1, -0.05) is 42.5 Å². The van der Waals surface area contributed by atoms with Crippen LogP contribution >= 0.6 is 0 Å². The van der Waals surface area contributed by atoms with Crippen molar-refractivity contribution in [1.29, 1.82) is 0 Å². The van der Waals surface area contributed by atoms with E-state index in [1.54, 1.807) is 21.2 Å². The van der Waals surface area contributed by atoms with Crippen molar-refractivity contribution >= 4 is 18.0 Å². The van der Waals surface area contributed by atoms with Gasteiger partial charge in [-0.25, -0.2) is 9.59 Å². The van der Waals surface area contributed by atoms with Crippen LogP contribution in [-0.4, -0.2) is 72.8 Å². The van der Waals surface area contributed by atoms with Crippen LogP contribution in [0, 0.1) is 0 Å². The molecule has 9 heteroatoms. The lowest BCUT2D eigenvalue weighted by Crippen LogP contribution is -2.49. The minimum absolute atomic E-state index is 0.169. The van der Waals surface area contributed by atoms with Gasteiger partial charge < -0.3 is 25.2 Å². The highest BCUT2D eigenvalue weighted by atomic mass is 16.5. The van der Waals surface area contributed by atoms with Crippen LogP contribution in [0.5, 0.6) is 5.75 Å². The second-order valence-corrected chi connectivity index (χ2v) is 7.62. The van der Waals surface area contributed by atoms with Crippen LogP contribution in [0.3, 0.4) is 0 Å². The summed E-state index contributed by atoms with van der Waals surface area (Å²) in [6.07, 6.45) is -1.02. The molecule has 5 amide bonds. The van der Waals surface area contributed by atoms with Crippen molar-refractivity contribution in [2.75, 3.05) is 27.7 Å². The Morgan fingerprint density at radius 2 is 1.68 bits per heavy atom. The SMILES string of the molecule is COc1ccc([C@H](NC(=O)CN2C(=O)N[C@H]3[C@H]2N(C)C(=O)N3C)c2ccccc2)cc1. The number of hydrogen-bond acceptors (Lipinski definition) is 4. The standard InChI is InChI=1S/C22H25N5O4/c1-25-19-20(26(2)22(25)30)27(21(29)24-19)13-17(28)23-18(14-7-5-4-6-8-14)15-9-11-16(31-3)12-10-15/h4-12,18-20H,13H2,1-3H3,(H,23,28)(H,24,29)/t18-,19-,20+/m1/s1. The molecule has 0 unspecified atom stereocenters. The fraction of sp³-hybridized carbons (Fsp3) is 0.318. The molecule has 0 radical (unpaired) electrons. The molecule has 0 bridgehead atoms. The van der Waals surface area contributed by atoms with Crippen molar-refractivity contribution in [3.05, 3.63) is 65.7 Å². The van der Waals surface area contributed by atoms with E-state index in [2.05, 4.69) is 10.6 Å². The van der Waals surface area contributed by atoms with Crippen molar-refractivity contribution in [1.82, 2.24) is 25.3 Å². The van der Waals surface area contributed by atoms with Crippen molar-refractivity contribution in [3.63, 3.8) is 0 Å². The number of hydrogen-bond donors (Lipinski definition) is 2. The summed E-state index contributed by atoms with van der Waals surface area (Å²) in [5, 5.41) is 5.80. The van der Waals surface area contributed by atoms with Gasteiger partial charge in [-0.05, 0) is 23.3 Å². The third-order valence-corrected chi connectivity index (χ3v) is 5.75. The van der Waals surface area contributed by atoms with E-state index in [1.165, 1.54) is 14.7 Å². The molecule has 0 spiro atoms. The fourth-order valence-corrected chi connectivity index (χ4v) is 4.10. The zero-order valence-electron chi connectivity index (χ0n) is 17.6. The normalized spacial score (nSPS) is 21.1. The molecule has 2 aliphatic rings. The number of methoxy groups -OCH3 is 1.